The first kappa shape index (κ1) is 16.5. The third-order valence-corrected chi connectivity index (χ3v) is 5.00. The molecule has 0 radical (unpaired) electrons. The minimum Gasteiger partial charge on any atom is -0.338 e. The third kappa shape index (κ3) is 2.62. The lowest BCUT2D eigenvalue weighted by molar-refractivity contribution is 1.11. The molecule has 0 aliphatic rings. The van der Waals surface area contributed by atoms with E-state index in [4.69, 9.17) is 0 Å². The van der Waals surface area contributed by atoms with Crippen LogP contribution in [0.4, 0.5) is 0 Å². The Labute approximate surface area is 170 Å². The van der Waals surface area contributed by atoms with Gasteiger partial charge in [0.15, 0.2) is 0 Å². The van der Waals surface area contributed by atoms with Crippen LogP contribution in [-0.4, -0.2) is 40.1 Å². The predicted octanol–water partition coefficient (Wildman–Crippen LogP) is 4.02. The molecule has 0 amide bonds. The first-order chi connectivity index (χ1) is 14.9. The van der Waals surface area contributed by atoms with Gasteiger partial charge in [-0.1, -0.05) is 6.07 Å². The van der Waals surface area contributed by atoms with Gasteiger partial charge in [0.2, 0.25) is 0 Å². The Balaban J connectivity index is 1.52. The SMILES string of the molecule is c1ccc(-c2ccnc3[nH]c(-c4n[nH]c5cnc(-c6cnccn6)cc45)cc23)nc1. The van der Waals surface area contributed by atoms with E-state index < -0.39 is 0 Å². The number of rotatable bonds is 3. The fourth-order valence-electron chi connectivity index (χ4n) is 3.59. The summed E-state index contributed by atoms with van der Waals surface area (Å²) >= 11 is 0. The van der Waals surface area contributed by atoms with Gasteiger partial charge >= 0.3 is 0 Å². The van der Waals surface area contributed by atoms with Gasteiger partial charge in [0, 0.05) is 41.1 Å². The summed E-state index contributed by atoms with van der Waals surface area (Å²) in [4.78, 5) is 25.3. The van der Waals surface area contributed by atoms with Crippen molar-refractivity contribution in [1.82, 2.24) is 40.1 Å². The lowest BCUT2D eigenvalue weighted by Crippen LogP contribution is -1.88. The van der Waals surface area contributed by atoms with Crippen molar-refractivity contribution in [3.05, 3.63) is 73.6 Å². The van der Waals surface area contributed by atoms with Crippen molar-refractivity contribution < 1.29 is 0 Å². The van der Waals surface area contributed by atoms with E-state index >= 15 is 0 Å². The summed E-state index contributed by atoms with van der Waals surface area (Å²) in [5.41, 5.74) is 6.65. The van der Waals surface area contributed by atoms with Crippen molar-refractivity contribution in [3.63, 3.8) is 0 Å². The van der Waals surface area contributed by atoms with Gasteiger partial charge < -0.3 is 4.98 Å². The molecule has 142 valence electrons. The van der Waals surface area contributed by atoms with Gasteiger partial charge in [-0.3, -0.25) is 25.0 Å². The molecule has 6 aromatic rings. The predicted molar refractivity (Wildman–Crippen MR) is 113 cm³/mol. The molecule has 0 bridgehead atoms. The molecular weight excluding hydrogens is 376 g/mol. The molecule has 0 aliphatic heterocycles. The summed E-state index contributed by atoms with van der Waals surface area (Å²) in [5, 5.41) is 9.51. The van der Waals surface area contributed by atoms with E-state index in [0.29, 0.717) is 5.69 Å². The standard InChI is InChI=1S/C22H14N8/c1-2-5-24-16(3-1)13-4-6-26-22-14(13)9-18(28-22)21-15-10-17(20-11-23-7-8-25-20)27-12-19(15)29-30-21/h1-12H,(H,26,28)(H,29,30). The second-order valence-electron chi connectivity index (χ2n) is 6.80. The molecule has 2 N–H and O–H groups in total. The second-order valence-corrected chi connectivity index (χ2v) is 6.80. The summed E-state index contributed by atoms with van der Waals surface area (Å²) in [5.74, 6) is 0. The number of aromatic amines is 2. The normalized spacial score (nSPS) is 11.3. The highest BCUT2D eigenvalue weighted by Crippen LogP contribution is 2.33. The number of nitrogens with zero attached hydrogens (tertiary/aromatic N) is 6. The fraction of sp³-hybridized carbons (Fsp3) is 0. The maximum absolute atomic E-state index is 4.52. The van der Waals surface area contributed by atoms with Crippen molar-refractivity contribution in [1.29, 1.82) is 0 Å². The molecular formula is C22H14N8. The lowest BCUT2D eigenvalue weighted by Gasteiger charge is -2.00. The summed E-state index contributed by atoms with van der Waals surface area (Å²) in [6, 6.07) is 11.9. The van der Waals surface area contributed by atoms with Gasteiger partial charge in [-0.2, -0.15) is 5.10 Å². The Morgan fingerprint density at radius 1 is 0.700 bits per heavy atom. The zero-order valence-corrected chi connectivity index (χ0v) is 15.6. The molecule has 6 heterocycles. The van der Waals surface area contributed by atoms with Crippen LogP contribution in [0.1, 0.15) is 0 Å². The minimum absolute atomic E-state index is 0.710. The summed E-state index contributed by atoms with van der Waals surface area (Å²) in [6.45, 7) is 0. The van der Waals surface area contributed by atoms with Crippen LogP contribution in [0, 0.1) is 0 Å². The van der Waals surface area contributed by atoms with Crippen LogP contribution in [-0.2, 0) is 0 Å². The van der Waals surface area contributed by atoms with Crippen LogP contribution in [0.15, 0.2) is 73.6 Å². The van der Waals surface area contributed by atoms with Crippen LogP contribution in [0.5, 0.6) is 0 Å². The van der Waals surface area contributed by atoms with Gasteiger partial charge in [-0.25, -0.2) is 4.98 Å². The molecule has 0 unspecified atom stereocenters. The average Bonchev–Trinajstić information content (AvgIpc) is 3.43. The van der Waals surface area contributed by atoms with E-state index in [2.05, 4.69) is 46.2 Å². The number of hydrogen-bond donors (Lipinski definition) is 2. The van der Waals surface area contributed by atoms with E-state index in [1.807, 2.05) is 30.3 Å². The lowest BCUT2D eigenvalue weighted by atomic mass is 10.1. The topological polar surface area (TPSA) is 109 Å². The maximum Gasteiger partial charge on any atom is 0.138 e. The number of fused-ring (bicyclic) bond motifs is 2. The molecule has 0 spiro atoms. The van der Waals surface area contributed by atoms with E-state index in [9.17, 15) is 0 Å². The van der Waals surface area contributed by atoms with Gasteiger partial charge in [0.25, 0.3) is 0 Å². The number of nitrogens with one attached hydrogen (secondary N) is 2. The molecule has 0 saturated heterocycles. The summed E-state index contributed by atoms with van der Waals surface area (Å²) in [7, 11) is 0. The Morgan fingerprint density at radius 2 is 1.67 bits per heavy atom. The van der Waals surface area contributed by atoms with Crippen molar-refractivity contribution in [2.75, 3.05) is 0 Å². The van der Waals surface area contributed by atoms with Gasteiger partial charge in [-0.15, -0.1) is 0 Å². The van der Waals surface area contributed by atoms with Crippen LogP contribution in [0.2, 0.25) is 0 Å². The van der Waals surface area contributed by atoms with E-state index in [0.717, 1.165) is 50.3 Å². The van der Waals surface area contributed by atoms with Crippen LogP contribution >= 0.6 is 0 Å². The highest BCUT2D eigenvalue weighted by molar-refractivity contribution is 5.99. The fourth-order valence-corrected chi connectivity index (χ4v) is 3.59. The second kappa shape index (κ2) is 6.56. The highest BCUT2D eigenvalue weighted by atomic mass is 15.1. The quantitative estimate of drug-likeness (QED) is 0.472. The first-order valence-corrected chi connectivity index (χ1v) is 9.37. The largest absolute Gasteiger partial charge is 0.338 e. The van der Waals surface area contributed by atoms with Crippen LogP contribution in [0.3, 0.4) is 0 Å². The highest BCUT2D eigenvalue weighted by Gasteiger charge is 2.15. The average molecular weight is 390 g/mol. The zero-order valence-electron chi connectivity index (χ0n) is 15.6. The molecule has 30 heavy (non-hydrogen) atoms. The zero-order chi connectivity index (χ0) is 19.9. The number of hydrogen-bond acceptors (Lipinski definition) is 6. The molecule has 8 heteroatoms. The monoisotopic (exact) mass is 390 g/mol. The molecule has 0 aliphatic carbocycles. The smallest absolute Gasteiger partial charge is 0.138 e. The number of H-pyrrole nitrogens is 2. The molecule has 0 saturated carbocycles. The van der Waals surface area contributed by atoms with Crippen molar-refractivity contribution in [2.24, 2.45) is 0 Å². The molecule has 0 aromatic carbocycles. The summed E-state index contributed by atoms with van der Waals surface area (Å²) < 4.78 is 0. The van der Waals surface area contributed by atoms with Crippen molar-refractivity contribution in [3.8, 4) is 34.0 Å². The van der Waals surface area contributed by atoms with Crippen LogP contribution < -0.4 is 0 Å². The van der Waals surface area contributed by atoms with Crippen LogP contribution in [0.25, 0.3) is 56.0 Å². The van der Waals surface area contributed by atoms with E-state index in [1.165, 1.54) is 0 Å². The third-order valence-electron chi connectivity index (χ3n) is 5.00. The summed E-state index contributed by atoms with van der Waals surface area (Å²) in [6.07, 6.45) is 10.3. The van der Waals surface area contributed by atoms with E-state index in [-0.39, 0.29) is 0 Å². The molecule has 6 aromatic heterocycles. The van der Waals surface area contributed by atoms with E-state index in [1.54, 1.807) is 37.2 Å². The van der Waals surface area contributed by atoms with Crippen molar-refractivity contribution >= 4 is 21.9 Å². The maximum atomic E-state index is 4.52. The van der Waals surface area contributed by atoms with Crippen molar-refractivity contribution in [2.45, 2.75) is 0 Å². The molecule has 0 atom stereocenters. The van der Waals surface area contributed by atoms with Gasteiger partial charge in [-0.05, 0) is 30.3 Å². The minimum atomic E-state index is 0.710. The Kier molecular flexibility index (Phi) is 3.60. The van der Waals surface area contributed by atoms with Gasteiger partial charge in [0.1, 0.15) is 17.0 Å². The number of aromatic nitrogens is 8. The Hall–Kier alpha value is -4.46. The molecule has 0 fully saturated rings. The molecule has 8 nitrogen and oxygen atoms in total. The molecule has 6 rings (SSSR count). The Morgan fingerprint density at radius 3 is 2.53 bits per heavy atom. The first-order valence-electron chi connectivity index (χ1n) is 9.37. The van der Waals surface area contributed by atoms with Gasteiger partial charge in [0.05, 0.1) is 35.0 Å². The Bertz CT molecular complexity index is 1490. The number of pyridine rings is 3.